The molecule has 162 valence electrons. The molecule has 8 nitrogen and oxygen atoms in total. The second-order valence-electron chi connectivity index (χ2n) is 9.05. The third-order valence-electron chi connectivity index (χ3n) is 5.99. The van der Waals surface area contributed by atoms with Gasteiger partial charge in [-0.3, -0.25) is 4.90 Å². The maximum atomic E-state index is 12.6. The average molecular weight is 443 g/mol. The number of hydrogen-bond acceptors (Lipinski definition) is 7. The number of morpholine rings is 1. The van der Waals surface area contributed by atoms with Crippen LogP contribution in [0.2, 0.25) is 23.3 Å². The number of aromatic nitrogens is 2. The van der Waals surface area contributed by atoms with E-state index in [2.05, 4.69) is 43.8 Å². The molecule has 2 aliphatic rings. The van der Waals surface area contributed by atoms with E-state index in [-0.39, 0.29) is 22.3 Å². The van der Waals surface area contributed by atoms with Crippen LogP contribution >= 0.6 is 11.6 Å². The molecule has 0 spiro atoms. The molecule has 29 heavy (non-hydrogen) atoms. The maximum absolute atomic E-state index is 12.6. The fourth-order valence-electron chi connectivity index (χ4n) is 3.05. The van der Waals surface area contributed by atoms with Crippen LogP contribution in [0.4, 0.5) is 16.6 Å². The zero-order valence-corrected chi connectivity index (χ0v) is 19.8. The third-order valence-corrected chi connectivity index (χ3v) is 10.7. The Balaban J connectivity index is 1.85. The molecule has 3 heterocycles. The van der Waals surface area contributed by atoms with Crippen molar-refractivity contribution in [3.8, 4) is 0 Å². The highest BCUT2D eigenvalue weighted by Gasteiger charge is 2.44. The van der Waals surface area contributed by atoms with Gasteiger partial charge in [-0.15, -0.1) is 0 Å². The van der Waals surface area contributed by atoms with E-state index in [0.717, 1.165) is 0 Å². The first kappa shape index (κ1) is 22.3. The lowest BCUT2D eigenvalue weighted by atomic mass is 10.2. The van der Waals surface area contributed by atoms with Crippen LogP contribution in [0.25, 0.3) is 0 Å². The van der Waals surface area contributed by atoms with E-state index in [1.165, 1.54) is 0 Å². The van der Waals surface area contributed by atoms with Crippen LogP contribution in [0.5, 0.6) is 0 Å². The molecule has 10 heteroatoms. The van der Waals surface area contributed by atoms with Gasteiger partial charge in [0.25, 0.3) is 0 Å². The van der Waals surface area contributed by atoms with E-state index in [1.807, 2.05) is 11.8 Å². The highest BCUT2D eigenvalue weighted by atomic mass is 35.5. The molecule has 0 aliphatic carbocycles. The number of rotatable bonds is 5. The van der Waals surface area contributed by atoms with Crippen LogP contribution in [0, 0.1) is 0 Å². The predicted octanol–water partition coefficient (Wildman–Crippen LogP) is 3.70. The molecule has 0 unspecified atom stereocenters. The summed E-state index contributed by atoms with van der Waals surface area (Å²) >= 11 is 6.28. The Kier molecular flexibility index (Phi) is 6.43. The molecular weight excluding hydrogens is 412 g/mol. The monoisotopic (exact) mass is 442 g/mol. The molecule has 1 aromatic rings. The number of carbonyl (C=O) groups is 1. The van der Waals surface area contributed by atoms with Gasteiger partial charge < -0.3 is 18.8 Å². The summed E-state index contributed by atoms with van der Waals surface area (Å²) < 4.78 is 17.3. The summed E-state index contributed by atoms with van der Waals surface area (Å²) in [6.45, 7) is 15.8. The first-order valence-corrected chi connectivity index (χ1v) is 13.3. The van der Waals surface area contributed by atoms with E-state index < -0.39 is 14.4 Å². The zero-order chi connectivity index (χ0) is 21.4. The topological polar surface area (TPSA) is 77.0 Å². The summed E-state index contributed by atoms with van der Waals surface area (Å²) in [7, 11) is -1.98. The number of nitrogens with zero attached hydrogens (tertiary/aromatic N) is 4. The van der Waals surface area contributed by atoms with Crippen molar-refractivity contribution in [3.63, 3.8) is 0 Å². The van der Waals surface area contributed by atoms with Gasteiger partial charge in [-0.1, -0.05) is 32.4 Å². The lowest BCUT2D eigenvalue weighted by Gasteiger charge is -2.37. The van der Waals surface area contributed by atoms with Crippen molar-refractivity contribution in [1.29, 1.82) is 0 Å². The van der Waals surface area contributed by atoms with Crippen molar-refractivity contribution in [1.82, 2.24) is 9.97 Å². The van der Waals surface area contributed by atoms with Crippen LogP contribution in [0.3, 0.4) is 0 Å². The molecule has 2 aliphatic heterocycles. The number of halogens is 1. The van der Waals surface area contributed by atoms with Crippen LogP contribution < -0.4 is 9.80 Å². The number of cyclic esters (lactones) is 1. The van der Waals surface area contributed by atoms with E-state index in [1.54, 1.807) is 11.0 Å². The molecule has 0 radical (unpaired) electrons. The van der Waals surface area contributed by atoms with Crippen LogP contribution in [0.15, 0.2) is 6.07 Å². The average Bonchev–Trinajstić information content (AvgIpc) is 2.92. The summed E-state index contributed by atoms with van der Waals surface area (Å²) in [6.07, 6.45) is -0.753. The number of hydrogen-bond donors (Lipinski definition) is 0. The van der Waals surface area contributed by atoms with Gasteiger partial charge in [-0.25, -0.2) is 9.78 Å². The first-order chi connectivity index (χ1) is 13.5. The fourth-order valence-corrected chi connectivity index (χ4v) is 4.24. The number of carbonyl (C=O) groups excluding carboxylic acids is 1. The quantitative estimate of drug-likeness (QED) is 0.508. The largest absolute Gasteiger partial charge is 0.444 e. The molecule has 0 bridgehead atoms. The minimum atomic E-state index is -1.98. The molecule has 2 atom stereocenters. The minimum Gasteiger partial charge on any atom is -0.444 e. The Hall–Kier alpha value is -1.42. The summed E-state index contributed by atoms with van der Waals surface area (Å²) in [6, 6.07) is 1.32. The summed E-state index contributed by atoms with van der Waals surface area (Å²) in [4.78, 5) is 25.2. The van der Waals surface area contributed by atoms with Crippen molar-refractivity contribution in [2.75, 3.05) is 42.7 Å². The fraction of sp³-hybridized carbons (Fsp3) is 0.737. The van der Waals surface area contributed by atoms with Crippen LogP contribution in [-0.4, -0.2) is 69.4 Å². The third kappa shape index (κ3) is 4.84. The van der Waals surface area contributed by atoms with Crippen molar-refractivity contribution < 1.29 is 18.7 Å². The maximum Gasteiger partial charge on any atom is 0.416 e. The first-order valence-electron chi connectivity index (χ1n) is 10.0. The lowest BCUT2D eigenvalue weighted by Crippen LogP contribution is -2.47. The predicted molar refractivity (Wildman–Crippen MR) is 115 cm³/mol. The Labute approximate surface area is 178 Å². The Morgan fingerprint density at radius 3 is 2.55 bits per heavy atom. The van der Waals surface area contributed by atoms with Gasteiger partial charge in [-0.05, 0) is 25.1 Å². The SMILES string of the molecule is C[C@H]1OC(=O)N(c2cc(Cl)nc(N3CCOCC3)n2)[C@H]1CO[Si](C)(C)C(C)(C)C. The van der Waals surface area contributed by atoms with Crippen LogP contribution in [-0.2, 0) is 13.9 Å². The number of amides is 1. The summed E-state index contributed by atoms with van der Waals surface area (Å²) in [5, 5.41) is 0.361. The van der Waals surface area contributed by atoms with Crippen molar-refractivity contribution >= 4 is 37.8 Å². The second-order valence-corrected chi connectivity index (χ2v) is 14.2. The molecule has 0 N–H and O–H groups in total. The molecule has 1 aromatic heterocycles. The highest BCUT2D eigenvalue weighted by molar-refractivity contribution is 6.74. The minimum absolute atomic E-state index is 0.0757. The summed E-state index contributed by atoms with van der Waals surface area (Å²) in [5.74, 6) is 0.928. The van der Waals surface area contributed by atoms with Gasteiger partial charge >= 0.3 is 6.09 Å². The van der Waals surface area contributed by atoms with E-state index in [9.17, 15) is 4.79 Å². The molecule has 0 saturated carbocycles. The molecule has 1 amide bonds. The normalized spacial score (nSPS) is 23.5. The Morgan fingerprint density at radius 2 is 1.93 bits per heavy atom. The van der Waals surface area contributed by atoms with Crippen molar-refractivity contribution in [3.05, 3.63) is 11.2 Å². The van der Waals surface area contributed by atoms with Gasteiger partial charge in [0.2, 0.25) is 5.95 Å². The Bertz CT molecular complexity index is 752. The Morgan fingerprint density at radius 1 is 1.28 bits per heavy atom. The molecule has 2 fully saturated rings. The van der Waals surface area contributed by atoms with Gasteiger partial charge in [0.05, 0.1) is 19.8 Å². The van der Waals surface area contributed by atoms with E-state index >= 15 is 0 Å². The lowest BCUT2D eigenvalue weighted by molar-refractivity contribution is 0.122. The van der Waals surface area contributed by atoms with Gasteiger partial charge in [0, 0.05) is 19.2 Å². The van der Waals surface area contributed by atoms with Crippen molar-refractivity contribution in [2.45, 2.75) is 58.0 Å². The molecule has 2 saturated heterocycles. The van der Waals surface area contributed by atoms with Gasteiger partial charge in [0.1, 0.15) is 23.1 Å². The molecular formula is C19H31ClN4O4Si. The highest BCUT2D eigenvalue weighted by Crippen LogP contribution is 2.37. The standard InChI is InChI=1S/C19H31ClN4O4Si/c1-13-14(12-27-29(5,6)19(2,3)4)24(18(25)28-13)16-11-15(20)21-17(22-16)23-7-9-26-10-8-23/h11,13-14H,7-10,12H2,1-6H3/t13-,14+/m1/s1. The molecule has 0 aromatic carbocycles. The second kappa shape index (κ2) is 8.37. The number of anilines is 2. The van der Waals surface area contributed by atoms with E-state index in [0.29, 0.717) is 44.7 Å². The van der Waals surface area contributed by atoms with Gasteiger partial charge in [0.15, 0.2) is 8.32 Å². The smallest absolute Gasteiger partial charge is 0.416 e. The van der Waals surface area contributed by atoms with Gasteiger partial charge in [-0.2, -0.15) is 4.98 Å². The van der Waals surface area contributed by atoms with E-state index in [4.69, 9.17) is 25.5 Å². The summed E-state index contributed by atoms with van der Waals surface area (Å²) in [5.41, 5.74) is 0. The zero-order valence-electron chi connectivity index (χ0n) is 18.1. The van der Waals surface area contributed by atoms with Crippen molar-refractivity contribution in [2.24, 2.45) is 0 Å². The molecule has 3 rings (SSSR count). The van der Waals surface area contributed by atoms with Crippen LogP contribution in [0.1, 0.15) is 27.7 Å². The number of ether oxygens (including phenoxy) is 2.